The second kappa shape index (κ2) is 5.36. The number of furan rings is 1. The molecular formula is C28H16O. The van der Waals surface area contributed by atoms with Gasteiger partial charge in [0.15, 0.2) is 0 Å². The molecule has 7 aromatic rings. The van der Waals surface area contributed by atoms with Crippen molar-refractivity contribution in [3.05, 3.63) is 97.1 Å². The van der Waals surface area contributed by atoms with Crippen LogP contribution in [0.4, 0.5) is 0 Å². The summed E-state index contributed by atoms with van der Waals surface area (Å²) in [6.07, 6.45) is 0. The predicted molar refractivity (Wildman–Crippen MR) is 124 cm³/mol. The van der Waals surface area contributed by atoms with Gasteiger partial charge in [0, 0.05) is 10.8 Å². The molecule has 0 saturated carbocycles. The largest absolute Gasteiger partial charge is 0.456 e. The van der Waals surface area contributed by atoms with Gasteiger partial charge in [-0.15, -0.1) is 0 Å². The molecule has 0 N–H and O–H groups in total. The van der Waals surface area contributed by atoms with Gasteiger partial charge in [-0.2, -0.15) is 0 Å². The summed E-state index contributed by atoms with van der Waals surface area (Å²) in [5.41, 5.74) is 1.90. The molecule has 6 aromatic carbocycles. The van der Waals surface area contributed by atoms with E-state index in [9.17, 15) is 0 Å². The van der Waals surface area contributed by atoms with Crippen LogP contribution in [0.25, 0.3) is 65.0 Å². The van der Waals surface area contributed by atoms with Crippen LogP contribution in [0.2, 0.25) is 0 Å². The highest BCUT2D eigenvalue weighted by atomic mass is 16.3. The van der Waals surface area contributed by atoms with Crippen molar-refractivity contribution in [3.8, 4) is 0 Å². The van der Waals surface area contributed by atoms with Crippen molar-refractivity contribution in [2.75, 3.05) is 0 Å². The third-order valence-corrected chi connectivity index (χ3v) is 6.25. The molecule has 1 heteroatoms. The number of rotatable bonds is 0. The Morgan fingerprint density at radius 3 is 1.31 bits per heavy atom. The molecule has 0 aliphatic rings. The van der Waals surface area contributed by atoms with Crippen LogP contribution in [0.3, 0.4) is 0 Å². The molecule has 1 nitrogen and oxygen atoms in total. The molecule has 0 radical (unpaired) electrons. The molecule has 134 valence electrons. The number of hydrogen-bond donors (Lipinski definition) is 0. The van der Waals surface area contributed by atoms with Crippen LogP contribution in [0.1, 0.15) is 0 Å². The summed E-state index contributed by atoms with van der Waals surface area (Å²) in [6, 6.07) is 34.7. The van der Waals surface area contributed by atoms with Crippen molar-refractivity contribution >= 4 is 65.0 Å². The number of hydrogen-bond acceptors (Lipinski definition) is 1. The first-order chi connectivity index (χ1) is 14.4. The Bertz CT molecular complexity index is 1620. The van der Waals surface area contributed by atoms with E-state index in [1.54, 1.807) is 0 Å². The summed E-state index contributed by atoms with van der Waals surface area (Å²) in [7, 11) is 0. The minimum absolute atomic E-state index is 0.948. The predicted octanol–water partition coefficient (Wildman–Crippen LogP) is 8.20. The van der Waals surface area contributed by atoms with E-state index in [0.717, 1.165) is 11.2 Å². The zero-order valence-corrected chi connectivity index (χ0v) is 15.6. The van der Waals surface area contributed by atoms with Crippen LogP contribution in [-0.4, -0.2) is 0 Å². The second-order valence-corrected chi connectivity index (χ2v) is 7.74. The lowest BCUT2D eigenvalue weighted by Gasteiger charge is -2.07. The van der Waals surface area contributed by atoms with Crippen molar-refractivity contribution < 1.29 is 4.42 Å². The molecule has 0 aliphatic carbocycles. The Balaban J connectivity index is 1.76. The monoisotopic (exact) mass is 368 g/mol. The summed E-state index contributed by atoms with van der Waals surface area (Å²) in [5, 5.41) is 12.6. The Labute approximate surface area is 166 Å². The molecule has 0 atom stereocenters. The maximum atomic E-state index is 6.29. The summed E-state index contributed by atoms with van der Waals surface area (Å²) in [4.78, 5) is 0. The molecule has 0 amide bonds. The van der Waals surface area contributed by atoms with Gasteiger partial charge < -0.3 is 4.42 Å². The fourth-order valence-electron chi connectivity index (χ4n) is 4.94. The smallest absolute Gasteiger partial charge is 0.136 e. The van der Waals surface area contributed by atoms with Gasteiger partial charge in [-0.3, -0.25) is 0 Å². The molecule has 0 aliphatic heterocycles. The van der Waals surface area contributed by atoms with Crippen LogP contribution in [0.5, 0.6) is 0 Å². The highest BCUT2D eigenvalue weighted by Gasteiger charge is 2.15. The van der Waals surface area contributed by atoms with Crippen LogP contribution >= 0.6 is 0 Å². The lowest BCUT2D eigenvalue weighted by molar-refractivity contribution is 0.669. The van der Waals surface area contributed by atoms with E-state index in [4.69, 9.17) is 4.42 Å². The SMILES string of the molecule is c1ccc2c(c1)ccc1c2ccc2oc3ccc4c5ccccc5ccc4c3c21. The van der Waals surface area contributed by atoms with Crippen molar-refractivity contribution in [1.29, 1.82) is 0 Å². The van der Waals surface area contributed by atoms with E-state index < -0.39 is 0 Å². The van der Waals surface area contributed by atoms with Crippen LogP contribution in [0.15, 0.2) is 101 Å². The third kappa shape index (κ3) is 1.94. The van der Waals surface area contributed by atoms with Crippen LogP contribution in [0, 0.1) is 0 Å². The molecule has 0 spiro atoms. The van der Waals surface area contributed by atoms with E-state index in [1.165, 1.54) is 53.9 Å². The van der Waals surface area contributed by atoms with Gasteiger partial charge >= 0.3 is 0 Å². The molecular weight excluding hydrogens is 352 g/mol. The lowest BCUT2D eigenvalue weighted by Crippen LogP contribution is -1.81. The third-order valence-electron chi connectivity index (χ3n) is 6.25. The zero-order chi connectivity index (χ0) is 18.9. The van der Waals surface area contributed by atoms with E-state index in [0.29, 0.717) is 0 Å². The Kier molecular flexibility index (Phi) is 2.80. The average molecular weight is 368 g/mol. The summed E-state index contributed by atoms with van der Waals surface area (Å²) in [6.45, 7) is 0. The van der Waals surface area contributed by atoms with E-state index >= 15 is 0 Å². The van der Waals surface area contributed by atoms with E-state index in [-0.39, 0.29) is 0 Å². The molecule has 1 aromatic heterocycles. The fraction of sp³-hybridized carbons (Fsp3) is 0. The molecule has 0 fully saturated rings. The summed E-state index contributed by atoms with van der Waals surface area (Å²) in [5.74, 6) is 0. The first kappa shape index (κ1) is 15.1. The van der Waals surface area contributed by atoms with E-state index in [1.807, 2.05) is 0 Å². The maximum Gasteiger partial charge on any atom is 0.136 e. The summed E-state index contributed by atoms with van der Waals surface area (Å²) >= 11 is 0. The first-order valence-electron chi connectivity index (χ1n) is 9.96. The van der Waals surface area contributed by atoms with Gasteiger partial charge in [0.25, 0.3) is 0 Å². The molecule has 7 rings (SSSR count). The highest BCUT2D eigenvalue weighted by Crippen LogP contribution is 2.41. The Hall–Kier alpha value is -3.84. The topological polar surface area (TPSA) is 13.1 Å². The quantitative estimate of drug-likeness (QED) is 0.246. The summed E-state index contributed by atoms with van der Waals surface area (Å²) < 4.78 is 6.29. The number of fused-ring (bicyclic) bond motifs is 11. The molecule has 1 heterocycles. The normalized spacial score (nSPS) is 12.1. The van der Waals surface area contributed by atoms with Gasteiger partial charge in [-0.25, -0.2) is 0 Å². The minimum atomic E-state index is 0.948. The van der Waals surface area contributed by atoms with Gasteiger partial charge in [0.05, 0.1) is 0 Å². The van der Waals surface area contributed by atoms with Crippen LogP contribution < -0.4 is 0 Å². The lowest BCUT2D eigenvalue weighted by atomic mass is 9.95. The van der Waals surface area contributed by atoms with Gasteiger partial charge in [0.1, 0.15) is 11.2 Å². The maximum absolute atomic E-state index is 6.29. The zero-order valence-electron chi connectivity index (χ0n) is 15.6. The van der Waals surface area contributed by atoms with Crippen molar-refractivity contribution in [2.45, 2.75) is 0 Å². The second-order valence-electron chi connectivity index (χ2n) is 7.74. The molecule has 29 heavy (non-hydrogen) atoms. The number of benzene rings is 6. The molecule has 0 bridgehead atoms. The Morgan fingerprint density at radius 2 is 0.793 bits per heavy atom. The minimum Gasteiger partial charge on any atom is -0.456 e. The van der Waals surface area contributed by atoms with Crippen molar-refractivity contribution in [3.63, 3.8) is 0 Å². The van der Waals surface area contributed by atoms with Crippen molar-refractivity contribution in [2.24, 2.45) is 0 Å². The standard InChI is InChI=1S/C28H16O/c1-3-7-19-17(5-1)9-11-23-21(19)13-15-25-27(23)28-24-12-10-18-6-2-4-8-20(18)22(24)14-16-26(28)29-25/h1-16H. The van der Waals surface area contributed by atoms with Gasteiger partial charge in [0.2, 0.25) is 0 Å². The molecule has 0 unspecified atom stereocenters. The molecule has 0 saturated heterocycles. The first-order valence-corrected chi connectivity index (χ1v) is 9.96. The Morgan fingerprint density at radius 1 is 0.345 bits per heavy atom. The highest BCUT2D eigenvalue weighted by molar-refractivity contribution is 6.30. The van der Waals surface area contributed by atoms with Gasteiger partial charge in [-0.1, -0.05) is 84.9 Å². The van der Waals surface area contributed by atoms with Crippen molar-refractivity contribution in [1.82, 2.24) is 0 Å². The fourth-order valence-corrected chi connectivity index (χ4v) is 4.94. The van der Waals surface area contributed by atoms with Gasteiger partial charge in [-0.05, 0) is 55.2 Å². The van der Waals surface area contributed by atoms with Crippen LogP contribution in [-0.2, 0) is 0 Å². The van der Waals surface area contributed by atoms with E-state index in [2.05, 4.69) is 97.1 Å². The average Bonchev–Trinajstić information content (AvgIpc) is 3.18.